The molecule has 4 heteroatoms. The van der Waals surface area contributed by atoms with E-state index in [0.29, 0.717) is 5.92 Å². The van der Waals surface area contributed by atoms with Gasteiger partial charge in [0.1, 0.15) is 0 Å². The van der Waals surface area contributed by atoms with Crippen LogP contribution < -0.4 is 10.6 Å². The minimum absolute atomic E-state index is 0.648. The predicted molar refractivity (Wildman–Crippen MR) is 79.0 cm³/mol. The number of rotatable bonds is 6. The monoisotopic (exact) mass is 254 g/mol. The Morgan fingerprint density at radius 1 is 1.39 bits per heavy atom. The Balaban J connectivity index is 2.19. The lowest BCUT2D eigenvalue weighted by Crippen LogP contribution is -2.41. The topological polar surface area (TPSA) is 39.7 Å². The van der Waals surface area contributed by atoms with Crippen LogP contribution >= 0.6 is 0 Å². The van der Waals surface area contributed by atoms with Crippen LogP contribution in [0.3, 0.4) is 0 Å². The van der Waals surface area contributed by atoms with Crippen molar-refractivity contribution in [1.29, 1.82) is 0 Å². The van der Waals surface area contributed by atoms with Crippen LogP contribution in [0.5, 0.6) is 0 Å². The number of nitrogens with one attached hydrogen (secondary N) is 2. The number of likely N-dealkylation sites (tertiary alicyclic amines) is 1. The summed E-state index contributed by atoms with van der Waals surface area (Å²) in [5.41, 5.74) is 0. The average molecular weight is 254 g/mol. The van der Waals surface area contributed by atoms with Gasteiger partial charge in [-0.05, 0) is 37.8 Å². The molecular formula is C14H30N4. The smallest absolute Gasteiger partial charge is 0.190 e. The molecule has 1 aliphatic rings. The fourth-order valence-corrected chi connectivity index (χ4v) is 2.36. The van der Waals surface area contributed by atoms with Crippen LogP contribution in [-0.2, 0) is 0 Å². The molecule has 0 spiro atoms. The zero-order valence-electron chi connectivity index (χ0n) is 12.5. The second-order valence-corrected chi connectivity index (χ2v) is 5.68. The van der Waals surface area contributed by atoms with E-state index in [9.17, 15) is 0 Å². The van der Waals surface area contributed by atoms with Crippen molar-refractivity contribution in [2.45, 2.75) is 33.6 Å². The summed E-state index contributed by atoms with van der Waals surface area (Å²) in [5, 5.41) is 6.80. The van der Waals surface area contributed by atoms with E-state index in [0.717, 1.165) is 25.0 Å². The molecule has 1 rings (SSSR count). The van der Waals surface area contributed by atoms with Crippen molar-refractivity contribution < 1.29 is 0 Å². The van der Waals surface area contributed by atoms with Gasteiger partial charge in [-0.3, -0.25) is 4.99 Å². The van der Waals surface area contributed by atoms with Crippen molar-refractivity contribution in [3.8, 4) is 0 Å². The van der Waals surface area contributed by atoms with E-state index < -0.39 is 0 Å². The third-order valence-electron chi connectivity index (χ3n) is 3.37. The highest BCUT2D eigenvalue weighted by molar-refractivity contribution is 5.79. The first-order valence-electron chi connectivity index (χ1n) is 7.32. The van der Waals surface area contributed by atoms with E-state index in [1.165, 1.54) is 32.5 Å². The minimum Gasteiger partial charge on any atom is -0.356 e. The maximum atomic E-state index is 4.26. The van der Waals surface area contributed by atoms with Gasteiger partial charge in [0, 0.05) is 26.7 Å². The molecule has 1 unspecified atom stereocenters. The van der Waals surface area contributed by atoms with E-state index in [2.05, 4.69) is 41.3 Å². The van der Waals surface area contributed by atoms with Crippen LogP contribution in [0.25, 0.3) is 0 Å². The highest BCUT2D eigenvalue weighted by atomic mass is 15.2. The summed E-state index contributed by atoms with van der Waals surface area (Å²) in [6, 6.07) is 0. The highest BCUT2D eigenvalue weighted by Crippen LogP contribution is 2.15. The predicted octanol–water partition coefficient (Wildman–Crippen LogP) is 1.54. The molecule has 4 nitrogen and oxygen atoms in total. The molecule has 1 heterocycles. The SMILES string of the molecule is CCCN1CCC(CNC(=NC)NCC(C)C)C1. The fraction of sp³-hybridized carbons (Fsp3) is 0.929. The first-order valence-corrected chi connectivity index (χ1v) is 7.32. The molecule has 0 aromatic heterocycles. The van der Waals surface area contributed by atoms with Gasteiger partial charge < -0.3 is 15.5 Å². The van der Waals surface area contributed by atoms with Crippen molar-refractivity contribution in [2.75, 3.05) is 39.8 Å². The molecular weight excluding hydrogens is 224 g/mol. The largest absolute Gasteiger partial charge is 0.356 e. The number of nitrogens with zero attached hydrogens (tertiary/aromatic N) is 2. The summed E-state index contributed by atoms with van der Waals surface area (Å²) in [7, 11) is 1.84. The lowest BCUT2D eigenvalue weighted by atomic mass is 10.1. The van der Waals surface area contributed by atoms with E-state index in [1.54, 1.807) is 0 Å². The maximum absolute atomic E-state index is 4.26. The van der Waals surface area contributed by atoms with Crippen LogP contribution in [0.15, 0.2) is 4.99 Å². The summed E-state index contributed by atoms with van der Waals surface area (Å²) >= 11 is 0. The van der Waals surface area contributed by atoms with Gasteiger partial charge in [0.25, 0.3) is 0 Å². The molecule has 2 N–H and O–H groups in total. The van der Waals surface area contributed by atoms with Gasteiger partial charge in [0.2, 0.25) is 0 Å². The van der Waals surface area contributed by atoms with E-state index in [-0.39, 0.29) is 0 Å². The van der Waals surface area contributed by atoms with Gasteiger partial charge >= 0.3 is 0 Å². The molecule has 1 atom stereocenters. The van der Waals surface area contributed by atoms with Crippen LogP contribution in [0.2, 0.25) is 0 Å². The highest BCUT2D eigenvalue weighted by Gasteiger charge is 2.21. The summed E-state index contributed by atoms with van der Waals surface area (Å²) in [6.45, 7) is 12.4. The Labute approximate surface area is 112 Å². The molecule has 0 aliphatic carbocycles. The Morgan fingerprint density at radius 2 is 2.17 bits per heavy atom. The molecule has 0 bridgehead atoms. The lowest BCUT2D eigenvalue weighted by molar-refractivity contribution is 0.324. The minimum atomic E-state index is 0.648. The quantitative estimate of drug-likeness (QED) is 0.558. The van der Waals surface area contributed by atoms with Crippen molar-refractivity contribution in [1.82, 2.24) is 15.5 Å². The molecule has 0 saturated carbocycles. The number of aliphatic imine (C=N–C) groups is 1. The second-order valence-electron chi connectivity index (χ2n) is 5.68. The fourth-order valence-electron chi connectivity index (χ4n) is 2.36. The Morgan fingerprint density at radius 3 is 2.78 bits per heavy atom. The molecule has 0 amide bonds. The molecule has 1 saturated heterocycles. The molecule has 0 aromatic carbocycles. The standard InChI is InChI=1S/C14H30N4/c1-5-7-18-8-6-13(11-18)10-17-14(15-4)16-9-12(2)3/h12-13H,5-11H2,1-4H3,(H2,15,16,17). The first-order chi connectivity index (χ1) is 8.65. The van der Waals surface area contributed by atoms with Crippen LogP contribution in [0.1, 0.15) is 33.6 Å². The maximum Gasteiger partial charge on any atom is 0.190 e. The summed E-state index contributed by atoms with van der Waals surface area (Å²) in [5.74, 6) is 2.36. The van der Waals surface area contributed by atoms with Crippen LogP contribution in [-0.4, -0.2) is 50.6 Å². The third kappa shape index (κ3) is 5.71. The lowest BCUT2D eigenvalue weighted by Gasteiger charge is -2.17. The van der Waals surface area contributed by atoms with Crippen molar-refractivity contribution in [2.24, 2.45) is 16.8 Å². The number of hydrogen-bond donors (Lipinski definition) is 2. The van der Waals surface area contributed by atoms with Crippen molar-refractivity contribution in [3.05, 3.63) is 0 Å². The van der Waals surface area contributed by atoms with E-state index in [4.69, 9.17) is 0 Å². The Bertz CT molecular complexity index is 250. The molecule has 0 aromatic rings. The third-order valence-corrected chi connectivity index (χ3v) is 3.37. The molecule has 1 fully saturated rings. The van der Waals surface area contributed by atoms with Crippen molar-refractivity contribution >= 4 is 5.96 Å². The first kappa shape index (κ1) is 15.3. The van der Waals surface area contributed by atoms with Crippen molar-refractivity contribution in [3.63, 3.8) is 0 Å². The zero-order valence-corrected chi connectivity index (χ0v) is 12.5. The van der Waals surface area contributed by atoms with Gasteiger partial charge in [-0.1, -0.05) is 20.8 Å². The molecule has 106 valence electrons. The van der Waals surface area contributed by atoms with Gasteiger partial charge in [-0.2, -0.15) is 0 Å². The normalized spacial score (nSPS) is 21.6. The number of hydrogen-bond acceptors (Lipinski definition) is 2. The average Bonchev–Trinajstić information content (AvgIpc) is 2.77. The summed E-state index contributed by atoms with van der Waals surface area (Å²) in [4.78, 5) is 6.82. The molecule has 1 aliphatic heterocycles. The Hall–Kier alpha value is -0.770. The van der Waals surface area contributed by atoms with E-state index in [1.807, 2.05) is 7.05 Å². The molecule has 0 radical (unpaired) electrons. The van der Waals surface area contributed by atoms with E-state index >= 15 is 0 Å². The molecule has 18 heavy (non-hydrogen) atoms. The van der Waals surface area contributed by atoms with Gasteiger partial charge in [-0.25, -0.2) is 0 Å². The Kier molecular flexibility index (Phi) is 7.09. The summed E-state index contributed by atoms with van der Waals surface area (Å²) in [6.07, 6.45) is 2.58. The second kappa shape index (κ2) is 8.35. The number of guanidine groups is 1. The van der Waals surface area contributed by atoms with Gasteiger partial charge in [0.05, 0.1) is 0 Å². The zero-order chi connectivity index (χ0) is 13.4. The summed E-state index contributed by atoms with van der Waals surface area (Å²) < 4.78 is 0. The van der Waals surface area contributed by atoms with Gasteiger partial charge in [-0.15, -0.1) is 0 Å². The van der Waals surface area contributed by atoms with Crippen LogP contribution in [0, 0.1) is 11.8 Å². The van der Waals surface area contributed by atoms with Gasteiger partial charge in [0.15, 0.2) is 5.96 Å². The van der Waals surface area contributed by atoms with Crippen LogP contribution in [0.4, 0.5) is 0 Å².